The van der Waals surface area contributed by atoms with E-state index in [-0.39, 0.29) is 18.5 Å². The van der Waals surface area contributed by atoms with Crippen LogP contribution in [0, 0.1) is 11.6 Å². The lowest BCUT2D eigenvalue weighted by Crippen LogP contribution is -2.12. The molecule has 0 aliphatic rings. The topological polar surface area (TPSA) is 18.5 Å². The van der Waals surface area contributed by atoms with Crippen molar-refractivity contribution in [1.29, 1.82) is 0 Å². The van der Waals surface area contributed by atoms with Crippen LogP contribution in [0.1, 0.15) is 13.8 Å². The summed E-state index contributed by atoms with van der Waals surface area (Å²) in [5, 5.41) is 0. The van der Waals surface area contributed by atoms with Crippen molar-refractivity contribution in [1.82, 2.24) is 0 Å². The molecule has 1 aromatic rings. The maximum atomic E-state index is 13.2. The van der Waals surface area contributed by atoms with Crippen molar-refractivity contribution in [3.63, 3.8) is 0 Å². The summed E-state index contributed by atoms with van der Waals surface area (Å²) < 4.78 is 36.9. The molecule has 0 unspecified atom stereocenters. The Kier molecular flexibility index (Phi) is 5.15. The molecule has 16 heavy (non-hydrogen) atoms. The zero-order valence-electron chi connectivity index (χ0n) is 9.10. The molecule has 90 valence electrons. The van der Waals surface area contributed by atoms with Crippen LogP contribution in [-0.2, 0) is 4.74 Å². The molecule has 1 rings (SSSR count). The Labute approximate surface area is 102 Å². The van der Waals surface area contributed by atoms with Gasteiger partial charge in [0.2, 0.25) is 5.82 Å². The van der Waals surface area contributed by atoms with E-state index in [0.29, 0.717) is 11.1 Å². The average molecular weight is 295 g/mol. The lowest BCUT2D eigenvalue weighted by atomic mass is 10.3. The number of hydrogen-bond donors (Lipinski definition) is 0. The Balaban J connectivity index is 2.53. The van der Waals surface area contributed by atoms with Gasteiger partial charge in [0.25, 0.3) is 0 Å². The van der Waals surface area contributed by atoms with Gasteiger partial charge in [0.05, 0.1) is 12.7 Å². The van der Waals surface area contributed by atoms with Crippen molar-refractivity contribution in [2.45, 2.75) is 20.0 Å². The average Bonchev–Trinajstić information content (AvgIpc) is 2.19. The van der Waals surface area contributed by atoms with Crippen molar-refractivity contribution >= 4 is 15.9 Å². The van der Waals surface area contributed by atoms with Gasteiger partial charge in [-0.2, -0.15) is 4.39 Å². The largest absolute Gasteiger partial charge is 0.488 e. The van der Waals surface area contributed by atoms with Crippen LogP contribution in [0.3, 0.4) is 0 Å². The fraction of sp³-hybridized carbons (Fsp3) is 0.455. The third-order valence-electron chi connectivity index (χ3n) is 1.75. The second-order valence-electron chi connectivity index (χ2n) is 3.47. The van der Waals surface area contributed by atoms with Gasteiger partial charge in [-0.15, -0.1) is 0 Å². The molecule has 0 radical (unpaired) electrons. The molecule has 0 heterocycles. The minimum atomic E-state index is -0.979. The van der Waals surface area contributed by atoms with Gasteiger partial charge in [-0.05, 0) is 26.0 Å². The Hall–Kier alpha value is -0.680. The molecule has 1 aromatic carbocycles. The van der Waals surface area contributed by atoms with Gasteiger partial charge in [0, 0.05) is 4.47 Å². The standard InChI is InChI=1S/C11H13BrF2O2/c1-7(2)15-3-4-16-10-6-8(12)5-9(13)11(10)14/h5-7H,3-4H2,1-2H3. The predicted molar refractivity (Wildman–Crippen MR) is 60.6 cm³/mol. The molecule has 0 amide bonds. The van der Waals surface area contributed by atoms with E-state index in [9.17, 15) is 8.78 Å². The maximum Gasteiger partial charge on any atom is 0.200 e. The molecule has 5 heteroatoms. The Morgan fingerprint density at radius 1 is 1.25 bits per heavy atom. The monoisotopic (exact) mass is 294 g/mol. The fourth-order valence-corrected chi connectivity index (χ4v) is 1.48. The first kappa shape index (κ1) is 13.4. The highest BCUT2D eigenvalue weighted by molar-refractivity contribution is 9.10. The van der Waals surface area contributed by atoms with Gasteiger partial charge in [-0.3, -0.25) is 0 Å². The fourth-order valence-electron chi connectivity index (χ4n) is 1.07. The molecule has 0 atom stereocenters. The van der Waals surface area contributed by atoms with E-state index in [1.807, 2.05) is 13.8 Å². The first-order valence-corrected chi connectivity index (χ1v) is 5.69. The van der Waals surface area contributed by atoms with E-state index < -0.39 is 11.6 Å². The number of halogens is 3. The first-order chi connectivity index (χ1) is 7.50. The van der Waals surface area contributed by atoms with Crippen molar-refractivity contribution in [2.75, 3.05) is 13.2 Å². The quantitative estimate of drug-likeness (QED) is 0.611. The van der Waals surface area contributed by atoms with Gasteiger partial charge in [0.15, 0.2) is 11.6 Å². The van der Waals surface area contributed by atoms with Crippen molar-refractivity contribution in [2.24, 2.45) is 0 Å². The molecule has 2 nitrogen and oxygen atoms in total. The van der Waals surface area contributed by atoms with E-state index in [1.54, 1.807) is 0 Å². The molecular weight excluding hydrogens is 282 g/mol. The summed E-state index contributed by atoms with van der Waals surface area (Å²) in [4.78, 5) is 0. The summed E-state index contributed by atoms with van der Waals surface area (Å²) in [5.41, 5.74) is 0. The van der Waals surface area contributed by atoms with Gasteiger partial charge in [-0.1, -0.05) is 15.9 Å². The summed E-state index contributed by atoms with van der Waals surface area (Å²) in [5.74, 6) is -2.03. The van der Waals surface area contributed by atoms with E-state index >= 15 is 0 Å². The van der Waals surface area contributed by atoms with Crippen LogP contribution in [0.5, 0.6) is 5.75 Å². The SMILES string of the molecule is CC(C)OCCOc1cc(Br)cc(F)c1F. The molecule has 0 fully saturated rings. The highest BCUT2D eigenvalue weighted by Crippen LogP contribution is 2.25. The van der Waals surface area contributed by atoms with Crippen molar-refractivity contribution in [3.05, 3.63) is 28.2 Å². The van der Waals surface area contributed by atoms with E-state index in [0.717, 1.165) is 6.07 Å². The minimum Gasteiger partial charge on any atom is -0.488 e. The van der Waals surface area contributed by atoms with E-state index in [4.69, 9.17) is 9.47 Å². The van der Waals surface area contributed by atoms with Crippen LogP contribution in [0.15, 0.2) is 16.6 Å². The van der Waals surface area contributed by atoms with Crippen molar-refractivity contribution < 1.29 is 18.3 Å². The summed E-state index contributed by atoms with van der Waals surface area (Å²) in [7, 11) is 0. The molecule has 0 spiro atoms. The number of ether oxygens (including phenoxy) is 2. The molecule has 0 bridgehead atoms. The van der Waals surface area contributed by atoms with Gasteiger partial charge < -0.3 is 9.47 Å². The second kappa shape index (κ2) is 6.15. The zero-order valence-corrected chi connectivity index (χ0v) is 10.7. The molecule has 0 saturated carbocycles. The third-order valence-corrected chi connectivity index (χ3v) is 2.21. The van der Waals surface area contributed by atoms with Crippen LogP contribution in [0.25, 0.3) is 0 Å². The Morgan fingerprint density at radius 2 is 1.94 bits per heavy atom. The number of rotatable bonds is 5. The molecule has 0 aliphatic carbocycles. The molecule has 0 N–H and O–H groups in total. The van der Waals surface area contributed by atoms with Gasteiger partial charge in [0.1, 0.15) is 6.61 Å². The van der Waals surface area contributed by atoms with Crippen molar-refractivity contribution in [3.8, 4) is 5.75 Å². The number of benzene rings is 1. The second-order valence-corrected chi connectivity index (χ2v) is 4.38. The Morgan fingerprint density at radius 3 is 2.56 bits per heavy atom. The maximum absolute atomic E-state index is 13.2. The normalized spacial score (nSPS) is 10.9. The number of hydrogen-bond acceptors (Lipinski definition) is 2. The first-order valence-electron chi connectivity index (χ1n) is 4.89. The predicted octanol–water partition coefficient (Wildman–Crippen LogP) is 3.53. The lowest BCUT2D eigenvalue weighted by molar-refractivity contribution is 0.0542. The van der Waals surface area contributed by atoms with Crippen LogP contribution < -0.4 is 4.74 Å². The van der Waals surface area contributed by atoms with Crippen LogP contribution in [0.2, 0.25) is 0 Å². The van der Waals surface area contributed by atoms with E-state index in [2.05, 4.69) is 15.9 Å². The van der Waals surface area contributed by atoms with Gasteiger partial charge >= 0.3 is 0 Å². The smallest absolute Gasteiger partial charge is 0.200 e. The van der Waals surface area contributed by atoms with Gasteiger partial charge in [-0.25, -0.2) is 4.39 Å². The summed E-state index contributed by atoms with van der Waals surface area (Å²) in [6, 6.07) is 2.43. The summed E-state index contributed by atoms with van der Waals surface area (Å²) in [6.07, 6.45) is 0.0905. The summed E-state index contributed by atoms with van der Waals surface area (Å²) >= 11 is 3.06. The molecule has 0 saturated heterocycles. The molecular formula is C11H13BrF2O2. The third kappa shape index (κ3) is 4.06. The Bertz CT molecular complexity index is 356. The lowest BCUT2D eigenvalue weighted by Gasteiger charge is -2.10. The molecule has 0 aliphatic heterocycles. The van der Waals surface area contributed by atoms with E-state index in [1.165, 1.54) is 6.07 Å². The van der Waals surface area contributed by atoms with Crippen LogP contribution in [0.4, 0.5) is 8.78 Å². The zero-order chi connectivity index (χ0) is 12.1. The highest BCUT2D eigenvalue weighted by Gasteiger charge is 2.11. The van der Waals surface area contributed by atoms with Crippen LogP contribution >= 0.6 is 15.9 Å². The highest BCUT2D eigenvalue weighted by atomic mass is 79.9. The minimum absolute atomic E-state index is 0.0905. The van der Waals surface area contributed by atoms with Crippen LogP contribution in [-0.4, -0.2) is 19.3 Å². The molecule has 0 aromatic heterocycles. The summed E-state index contributed by atoms with van der Waals surface area (Å²) in [6.45, 7) is 4.30.